The first-order valence-electron chi connectivity index (χ1n) is 6.73. The molecule has 1 fully saturated rings. The summed E-state index contributed by atoms with van der Waals surface area (Å²) in [6, 6.07) is 8.17. The van der Waals surface area contributed by atoms with Crippen LogP contribution in [-0.2, 0) is 0 Å². The van der Waals surface area contributed by atoms with E-state index in [2.05, 4.69) is 15.2 Å². The molecule has 0 unspecified atom stereocenters. The minimum Gasteiger partial charge on any atom is -0.370 e. The molecule has 1 aromatic carbocycles. The number of rotatable bonds is 2. The highest BCUT2D eigenvalue weighted by atomic mass is 15.2. The molecule has 0 radical (unpaired) electrons. The number of nitrogens with one attached hydrogen (secondary N) is 1. The van der Waals surface area contributed by atoms with Crippen molar-refractivity contribution >= 4 is 22.7 Å². The normalized spacial score (nSPS) is 19.7. The van der Waals surface area contributed by atoms with Crippen LogP contribution in [0, 0.1) is 0 Å². The maximum atomic E-state index is 6.06. The van der Waals surface area contributed by atoms with Crippen LogP contribution in [-0.4, -0.2) is 36.1 Å². The van der Waals surface area contributed by atoms with Crippen LogP contribution < -0.4 is 16.0 Å². The zero-order chi connectivity index (χ0) is 13.2. The van der Waals surface area contributed by atoms with E-state index < -0.39 is 0 Å². The summed E-state index contributed by atoms with van der Waals surface area (Å²) in [5.74, 6) is 1.74. The van der Waals surface area contributed by atoms with E-state index in [9.17, 15) is 0 Å². The molecule has 1 aliphatic rings. The van der Waals surface area contributed by atoms with Crippen LogP contribution in [0.4, 0.5) is 11.6 Å². The number of hydrogen-bond acceptors (Lipinski definition) is 5. The maximum absolute atomic E-state index is 6.06. The van der Waals surface area contributed by atoms with Gasteiger partial charge in [0.2, 0.25) is 0 Å². The van der Waals surface area contributed by atoms with Gasteiger partial charge >= 0.3 is 0 Å². The number of nitrogens with zero attached hydrogens (tertiary/aromatic N) is 3. The average Bonchev–Trinajstić information content (AvgIpc) is 2.46. The van der Waals surface area contributed by atoms with Crippen molar-refractivity contribution in [1.82, 2.24) is 9.97 Å². The van der Waals surface area contributed by atoms with Crippen molar-refractivity contribution in [1.29, 1.82) is 0 Å². The molecule has 0 aliphatic carbocycles. The van der Waals surface area contributed by atoms with E-state index in [1.54, 1.807) is 0 Å². The molecule has 2 aromatic rings. The van der Waals surface area contributed by atoms with Crippen molar-refractivity contribution in [2.75, 3.05) is 30.4 Å². The zero-order valence-electron chi connectivity index (χ0n) is 11.1. The van der Waals surface area contributed by atoms with Gasteiger partial charge in [0, 0.05) is 26.2 Å². The minimum absolute atomic E-state index is 0.228. The molecular weight excluding hydrogens is 238 g/mol. The molecule has 3 N–H and O–H groups in total. The Labute approximate surface area is 112 Å². The molecule has 5 nitrogen and oxygen atoms in total. The Kier molecular flexibility index (Phi) is 3.21. The highest BCUT2D eigenvalue weighted by Crippen LogP contribution is 2.26. The molecule has 3 rings (SSSR count). The second-order valence-corrected chi connectivity index (χ2v) is 4.98. The van der Waals surface area contributed by atoms with E-state index in [-0.39, 0.29) is 6.04 Å². The second kappa shape index (κ2) is 5.01. The van der Waals surface area contributed by atoms with Crippen LogP contribution in [0.5, 0.6) is 0 Å². The summed E-state index contributed by atoms with van der Waals surface area (Å²) in [4.78, 5) is 11.6. The Hall–Kier alpha value is -1.88. The Bertz CT molecular complexity index is 583. The highest BCUT2D eigenvalue weighted by molar-refractivity contribution is 5.80. The summed E-state index contributed by atoms with van der Waals surface area (Å²) >= 11 is 0. The summed E-state index contributed by atoms with van der Waals surface area (Å²) in [6.45, 7) is 1.84. The van der Waals surface area contributed by atoms with Crippen molar-refractivity contribution < 1.29 is 0 Å². The fourth-order valence-corrected chi connectivity index (χ4v) is 2.58. The summed E-state index contributed by atoms with van der Waals surface area (Å²) in [6.07, 6.45) is 2.20. The van der Waals surface area contributed by atoms with Crippen LogP contribution in [0.2, 0.25) is 0 Å². The van der Waals surface area contributed by atoms with Crippen molar-refractivity contribution in [2.24, 2.45) is 5.73 Å². The molecular formula is C14H19N5. The SMILES string of the molecule is CNc1nc2ccccc2nc1N1CCC[C@@H](N)C1. The number of hydrogen-bond donors (Lipinski definition) is 2. The molecule has 5 heteroatoms. The topological polar surface area (TPSA) is 67.1 Å². The number of fused-ring (bicyclic) bond motifs is 1. The lowest BCUT2D eigenvalue weighted by molar-refractivity contribution is 0.503. The summed E-state index contributed by atoms with van der Waals surface area (Å²) < 4.78 is 0. The smallest absolute Gasteiger partial charge is 0.172 e. The molecule has 0 bridgehead atoms. The standard InChI is InChI=1S/C14H19N5/c1-16-13-14(19-8-4-5-10(15)9-19)18-12-7-3-2-6-11(12)17-13/h2-3,6-7,10H,4-5,8-9,15H2,1H3,(H,16,17)/t10-/m1/s1. The first kappa shape index (κ1) is 12.2. The molecule has 1 aromatic heterocycles. The minimum atomic E-state index is 0.228. The van der Waals surface area contributed by atoms with Crippen LogP contribution in [0.25, 0.3) is 11.0 Å². The van der Waals surface area contributed by atoms with Crippen molar-refractivity contribution in [3.8, 4) is 0 Å². The van der Waals surface area contributed by atoms with Crippen LogP contribution in [0.1, 0.15) is 12.8 Å². The second-order valence-electron chi connectivity index (χ2n) is 4.98. The van der Waals surface area contributed by atoms with E-state index in [1.807, 2.05) is 31.3 Å². The molecule has 19 heavy (non-hydrogen) atoms. The molecule has 0 amide bonds. The van der Waals surface area contributed by atoms with E-state index in [1.165, 1.54) is 0 Å². The van der Waals surface area contributed by atoms with Crippen LogP contribution in [0.15, 0.2) is 24.3 Å². The van der Waals surface area contributed by atoms with Gasteiger partial charge in [-0.2, -0.15) is 0 Å². The molecule has 2 heterocycles. The first-order valence-corrected chi connectivity index (χ1v) is 6.73. The Balaban J connectivity index is 2.05. The zero-order valence-corrected chi connectivity index (χ0v) is 11.1. The lowest BCUT2D eigenvalue weighted by Crippen LogP contribution is -2.43. The average molecular weight is 257 g/mol. The fourth-order valence-electron chi connectivity index (χ4n) is 2.58. The molecule has 0 saturated carbocycles. The monoisotopic (exact) mass is 257 g/mol. The molecule has 0 spiro atoms. The van der Waals surface area contributed by atoms with Crippen molar-refractivity contribution in [2.45, 2.75) is 18.9 Å². The summed E-state index contributed by atoms with van der Waals surface area (Å²) in [5.41, 5.74) is 7.90. The van der Waals surface area contributed by atoms with Gasteiger partial charge in [0.15, 0.2) is 11.6 Å². The number of aromatic nitrogens is 2. The molecule has 100 valence electrons. The van der Waals surface area contributed by atoms with Gasteiger partial charge in [-0.05, 0) is 25.0 Å². The van der Waals surface area contributed by atoms with Crippen molar-refractivity contribution in [3.63, 3.8) is 0 Å². The third-order valence-electron chi connectivity index (χ3n) is 3.55. The number of para-hydroxylation sites is 2. The van der Waals surface area contributed by atoms with Crippen molar-refractivity contribution in [3.05, 3.63) is 24.3 Å². The highest BCUT2D eigenvalue weighted by Gasteiger charge is 2.21. The Morgan fingerprint density at radius 3 is 2.68 bits per heavy atom. The van der Waals surface area contributed by atoms with Gasteiger partial charge in [-0.3, -0.25) is 0 Å². The van der Waals surface area contributed by atoms with Crippen LogP contribution >= 0.6 is 0 Å². The largest absolute Gasteiger partial charge is 0.370 e. The maximum Gasteiger partial charge on any atom is 0.172 e. The molecule has 1 aliphatic heterocycles. The lowest BCUT2D eigenvalue weighted by atomic mass is 10.1. The van der Waals surface area contributed by atoms with Gasteiger partial charge in [-0.25, -0.2) is 9.97 Å². The first-order chi connectivity index (χ1) is 9.28. The number of benzene rings is 1. The van der Waals surface area contributed by atoms with Gasteiger partial charge in [0.05, 0.1) is 11.0 Å². The summed E-state index contributed by atoms with van der Waals surface area (Å²) in [5, 5.41) is 3.14. The quantitative estimate of drug-likeness (QED) is 0.855. The van der Waals surface area contributed by atoms with Gasteiger partial charge in [0.1, 0.15) is 0 Å². The van der Waals surface area contributed by atoms with E-state index in [0.29, 0.717) is 0 Å². The third-order valence-corrected chi connectivity index (χ3v) is 3.55. The predicted molar refractivity (Wildman–Crippen MR) is 78.5 cm³/mol. The van der Waals surface area contributed by atoms with Crippen LogP contribution in [0.3, 0.4) is 0 Å². The van der Waals surface area contributed by atoms with Gasteiger partial charge < -0.3 is 16.0 Å². The van der Waals surface area contributed by atoms with Gasteiger partial charge in [0.25, 0.3) is 0 Å². The number of anilines is 2. The van der Waals surface area contributed by atoms with E-state index >= 15 is 0 Å². The van der Waals surface area contributed by atoms with Gasteiger partial charge in [-0.15, -0.1) is 0 Å². The predicted octanol–water partition coefficient (Wildman–Crippen LogP) is 1.60. The van der Waals surface area contributed by atoms with E-state index in [0.717, 1.165) is 48.6 Å². The Morgan fingerprint density at radius 2 is 2.00 bits per heavy atom. The number of nitrogens with two attached hydrogens (primary N) is 1. The summed E-state index contributed by atoms with van der Waals surface area (Å²) in [7, 11) is 1.88. The molecule has 1 saturated heterocycles. The van der Waals surface area contributed by atoms with E-state index in [4.69, 9.17) is 10.7 Å². The number of piperidine rings is 1. The third kappa shape index (κ3) is 2.33. The molecule has 1 atom stereocenters. The van der Waals surface area contributed by atoms with Gasteiger partial charge in [-0.1, -0.05) is 12.1 Å². The Morgan fingerprint density at radius 1 is 1.26 bits per heavy atom. The fraction of sp³-hybridized carbons (Fsp3) is 0.429. The lowest BCUT2D eigenvalue weighted by Gasteiger charge is -2.32.